The van der Waals surface area contributed by atoms with E-state index in [1.165, 1.54) is 67.8 Å². The molecular weight excluding hydrogens is 609 g/mol. The molecule has 3 aromatic carbocycles. The van der Waals surface area contributed by atoms with Crippen LogP contribution in [0.4, 0.5) is 15.8 Å². The quantitative estimate of drug-likeness (QED) is 0.193. The molecule has 0 spiro atoms. The summed E-state index contributed by atoms with van der Waals surface area (Å²) in [6, 6.07) is 13.8. The van der Waals surface area contributed by atoms with E-state index in [2.05, 4.69) is 26.6 Å². The summed E-state index contributed by atoms with van der Waals surface area (Å²) in [5, 5.41) is 14.1. The number of nitrogens with zero attached hydrogens (tertiary/aromatic N) is 1. The monoisotopic (exact) mass is 627 g/mol. The Morgan fingerprint density at radius 2 is 1.88 bits per heavy atom. The van der Waals surface area contributed by atoms with Crippen molar-refractivity contribution in [2.75, 3.05) is 23.9 Å². The molecule has 4 rings (SSSR count). The molecule has 0 atom stereocenters. The zero-order valence-corrected chi connectivity index (χ0v) is 23.0. The van der Waals surface area contributed by atoms with Gasteiger partial charge in [0.25, 0.3) is 17.7 Å². The maximum Gasteiger partial charge on any atom is 0.335 e. The Morgan fingerprint density at radius 1 is 1.15 bits per heavy atom. The third-order valence-electron chi connectivity index (χ3n) is 5.49. The Balaban J connectivity index is 1.57. The summed E-state index contributed by atoms with van der Waals surface area (Å²) in [5.41, 5.74) is 0.600. The van der Waals surface area contributed by atoms with Gasteiger partial charge in [-0.15, -0.1) is 0 Å². The molecule has 0 aliphatic carbocycles. The number of carbonyl (C=O) groups is 4. The molecular formula is C27H19BrFN3O7S. The number of carbonyl (C=O) groups excluding carboxylic acids is 3. The Bertz CT molecular complexity index is 1580. The smallest absolute Gasteiger partial charge is 0.335 e. The van der Waals surface area contributed by atoms with Crippen LogP contribution in [0.1, 0.15) is 15.9 Å². The van der Waals surface area contributed by atoms with Gasteiger partial charge in [-0.25, -0.2) is 9.18 Å². The molecule has 40 heavy (non-hydrogen) atoms. The number of benzene rings is 3. The minimum Gasteiger partial charge on any atom is -0.493 e. The third kappa shape index (κ3) is 6.33. The van der Waals surface area contributed by atoms with Crippen LogP contribution < -0.4 is 25.0 Å². The number of nitrogens with one attached hydrogen (secondary N) is 2. The average molecular weight is 628 g/mol. The van der Waals surface area contributed by atoms with E-state index in [-0.39, 0.29) is 33.4 Å². The van der Waals surface area contributed by atoms with Crippen molar-refractivity contribution in [3.05, 3.63) is 87.7 Å². The lowest BCUT2D eigenvalue weighted by Crippen LogP contribution is -2.54. The number of hydrogen-bond acceptors (Lipinski definition) is 7. The summed E-state index contributed by atoms with van der Waals surface area (Å²) in [4.78, 5) is 50.7. The summed E-state index contributed by atoms with van der Waals surface area (Å²) in [6.07, 6.45) is 1.31. The molecule has 0 bridgehead atoms. The molecule has 13 heteroatoms. The number of aromatic carboxylic acids is 1. The minimum atomic E-state index is -1.19. The van der Waals surface area contributed by atoms with Gasteiger partial charge in [0.15, 0.2) is 23.2 Å². The van der Waals surface area contributed by atoms with Crippen molar-refractivity contribution in [2.45, 2.75) is 0 Å². The predicted octanol–water partition coefficient (Wildman–Crippen LogP) is 4.14. The van der Waals surface area contributed by atoms with E-state index in [1.807, 2.05) is 0 Å². The van der Waals surface area contributed by atoms with Crippen LogP contribution in [0.2, 0.25) is 0 Å². The second-order valence-corrected chi connectivity index (χ2v) is 9.43. The van der Waals surface area contributed by atoms with E-state index in [0.29, 0.717) is 15.7 Å². The Morgan fingerprint density at radius 3 is 2.55 bits per heavy atom. The number of hydrogen-bond donors (Lipinski definition) is 3. The Kier molecular flexibility index (Phi) is 8.55. The highest BCUT2D eigenvalue weighted by atomic mass is 79.9. The van der Waals surface area contributed by atoms with Crippen molar-refractivity contribution in [1.29, 1.82) is 0 Å². The third-order valence-corrected chi connectivity index (χ3v) is 6.37. The van der Waals surface area contributed by atoms with Gasteiger partial charge >= 0.3 is 5.97 Å². The molecule has 0 unspecified atom stereocenters. The average Bonchev–Trinajstić information content (AvgIpc) is 2.91. The molecule has 0 aromatic heterocycles. The number of carboxylic acid groups (broad SMARTS) is 1. The number of thiocarbonyl (C=S) groups is 1. The van der Waals surface area contributed by atoms with Crippen LogP contribution in [0.5, 0.6) is 11.5 Å². The highest BCUT2D eigenvalue weighted by molar-refractivity contribution is 9.10. The fourth-order valence-corrected chi connectivity index (χ4v) is 4.52. The number of rotatable bonds is 8. The van der Waals surface area contributed by atoms with E-state index in [0.717, 1.165) is 4.90 Å². The summed E-state index contributed by atoms with van der Waals surface area (Å²) < 4.78 is 24.4. The summed E-state index contributed by atoms with van der Waals surface area (Å²) in [6.45, 7) is -0.393. The first-order valence-electron chi connectivity index (χ1n) is 11.4. The number of halogens is 2. The zero-order chi connectivity index (χ0) is 29.0. The Labute approximate surface area is 240 Å². The number of anilines is 2. The van der Waals surface area contributed by atoms with Gasteiger partial charge in [0, 0.05) is 5.69 Å². The van der Waals surface area contributed by atoms with Crippen molar-refractivity contribution >= 4 is 74.4 Å². The van der Waals surface area contributed by atoms with E-state index in [4.69, 9.17) is 21.7 Å². The lowest BCUT2D eigenvalue weighted by Gasteiger charge is -2.29. The van der Waals surface area contributed by atoms with Gasteiger partial charge in [0.2, 0.25) is 0 Å². The summed E-state index contributed by atoms with van der Waals surface area (Å²) in [5.74, 6) is -3.25. The van der Waals surface area contributed by atoms with Crippen molar-refractivity contribution in [3.63, 3.8) is 0 Å². The number of methoxy groups -OCH3 is 1. The van der Waals surface area contributed by atoms with Gasteiger partial charge in [-0.05, 0) is 94.4 Å². The van der Waals surface area contributed by atoms with Gasteiger partial charge < -0.3 is 19.9 Å². The van der Waals surface area contributed by atoms with Crippen LogP contribution >= 0.6 is 28.1 Å². The first kappa shape index (κ1) is 28.4. The van der Waals surface area contributed by atoms with Gasteiger partial charge in [-0.2, -0.15) is 0 Å². The van der Waals surface area contributed by atoms with Crippen LogP contribution in [0, 0.1) is 5.82 Å². The Hall–Kier alpha value is -4.62. The van der Waals surface area contributed by atoms with E-state index < -0.39 is 36.1 Å². The molecule has 1 aliphatic rings. The van der Waals surface area contributed by atoms with Crippen LogP contribution in [0.15, 0.2) is 70.7 Å². The molecule has 1 fully saturated rings. The van der Waals surface area contributed by atoms with Crippen molar-refractivity contribution < 1.29 is 38.1 Å². The number of amides is 3. The molecule has 1 aliphatic heterocycles. The van der Waals surface area contributed by atoms with Crippen LogP contribution in [-0.2, 0) is 14.4 Å². The van der Waals surface area contributed by atoms with Gasteiger partial charge in [0.1, 0.15) is 11.4 Å². The van der Waals surface area contributed by atoms with E-state index in [9.17, 15) is 28.7 Å². The second kappa shape index (κ2) is 12.1. The number of carboxylic acids is 1. The molecule has 1 saturated heterocycles. The summed E-state index contributed by atoms with van der Waals surface area (Å²) >= 11 is 8.53. The normalized spacial score (nSPS) is 14.1. The van der Waals surface area contributed by atoms with Crippen LogP contribution in [0.25, 0.3) is 6.08 Å². The zero-order valence-electron chi connectivity index (χ0n) is 20.6. The molecule has 0 saturated carbocycles. The fourth-order valence-electron chi connectivity index (χ4n) is 3.67. The van der Waals surface area contributed by atoms with Crippen LogP contribution in [0.3, 0.4) is 0 Å². The van der Waals surface area contributed by atoms with Gasteiger partial charge in [-0.1, -0.05) is 6.07 Å². The molecule has 1 heterocycles. The van der Waals surface area contributed by atoms with Crippen LogP contribution in [-0.4, -0.2) is 47.6 Å². The van der Waals surface area contributed by atoms with Gasteiger partial charge in [0.05, 0.1) is 22.8 Å². The van der Waals surface area contributed by atoms with Crippen molar-refractivity contribution in [2.24, 2.45) is 0 Å². The van der Waals surface area contributed by atoms with Crippen molar-refractivity contribution in [1.82, 2.24) is 5.32 Å². The first-order valence-corrected chi connectivity index (χ1v) is 12.6. The minimum absolute atomic E-state index is 0.0638. The molecule has 3 amide bonds. The molecule has 10 nitrogen and oxygen atoms in total. The van der Waals surface area contributed by atoms with Gasteiger partial charge in [-0.3, -0.25) is 24.6 Å². The largest absolute Gasteiger partial charge is 0.493 e. The standard InChI is InChI=1S/C27H19BrFN3O7S/c1-38-21-11-14(10-20(28)23(21)39-13-22(33)30-17-7-5-16(29)6-8-17)9-19-24(34)31-27(40)32(25(19)35)18-4-2-3-15(12-18)26(36)37/h2-12H,13H2,1H3,(H,30,33)(H,36,37)(H,31,34,40). The second-order valence-electron chi connectivity index (χ2n) is 8.19. The molecule has 3 aromatic rings. The summed E-state index contributed by atoms with van der Waals surface area (Å²) in [7, 11) is 1.37. The molecule has 204 valence electrons. The first-order chi connectivity index (χ1) is 19.1. The fraction of sp³-hybridized carbons (Fsp3) is 0.0741. The maximum absolute atomic E-state index is 13.3. The highest BCUT2D eigenvalue weighted by Crippen LogP contribution is 2.37. The van der Waals surface area contributed by atoms with E-state index >= 15 is 0 Å². The predicted molar refractivity (Wildman–Crippen MR) is 151 cm³/mol. The lowest BCUT2D eigenvalue weighted by molar-refractivity contribution is -0.122. The highest BCUT2D eigenvalue weighted by Gasteiger charge is 2.35. The number of ether oxygens (including phenoxy) is 2. The van der Waals surface area contributed by atoms with E-state index in [1.54, 1.807) is 6.07 Å². The molecule has 3 N–H and O–H groups in total. The van der Waals surface area contributed by atoms with Crippen molar-refractivity contribution in [3.8, 4) is 11.5 Å². The topological polar surface area (TPSA) is 134 Å². The lowest BCUT2D eigenvalue weighted by atomic mass is 10.1. The SMILES string of the molecule is COc1cc(C=C2C(=O)NC(=S)N(c3cccc(C(=O)O)c3)C2=O)cc(Br)c1OCC(=O)Nc1ccc(F)cc1. The molecule has 0 radical (unpaired) electrons. The maximum atomic E-state index is 13.3.